The summed E-state index contributed by atoms with van der Waals surface area (Å²) >= 11 is 1.30. The van der Waals surface area contributed by atoms with E-state index in [9.17, 15) is 14.4 Å². The lowest BCUT2D eigenvalue weighted by atomic mass is 9.94. The van der Waals surface area contributed by atoms with Crippen molar-refractivity contribution in [1.82, 2.24) is 0 Å². The van der Waals surface area contributed by atoms with Crippen LogP contribution in [0.25, 0.3) is 11.1 Å². The van der Waals surface area contributed by atoms with Crippen LogP contribution >= 0.6 is 11.3 Å². The number of hydrogen-bond acceptors (Lipinski definition) is 5. The highest BCUT2D eigenvalue weighted by molar-refractivity contribution is 7.12. The summed E-state index contributed by atoms with van der Waals surface area (Å²) in [4.78, 5) is 37.6. The Labute approximate surface area is 191 Å². The average Bonchev–Trinajstić information content (AvgIpc) is 3.28. The zero-order valence-corrected chi connectivity index (χ0v) is 19.1. The molecule has 0 unspecified atom stereocenters. The third kappa shape index (κ3) is 5.62. The summed E-state index contributed by atoms with van der Waals surface area (Å²) in [5, 5.41) is 4.59. The molecule has 1 heterocycles. The Bertz CT molecular complexity index is 1140. The highest BCUT2D eigenvalue weighted by Gasteiger charge is 2.19. The third-order valence-electron chi connectivity index (χ3n) is 4.96. The minimum absolute atomic E-state index is 0.198. The Morgan fingerprint density at radius 2 is 1.84 bits per heavy atom. The van der Waals surface area contributed by atoms with Crippen molar-refractivity contribution in [3.8, 4) is 16.9 Å². The molecule has 0 fully saturated rings. The molecule has 166 valence electrons. The van der Waals surface area contributed by atoms with Gasteiger partial charge in [0.1, 0.15) is 5.75 Å². The smallest absolute Gasteiger partial charge is 0.311 e. The number of amides is 2. The molecule has 3 aromatic rings. The second-order valence-electron chi connectivity index (χ2n) is 7.91. The zero-order chi connectivity index (χ0) is 23.3. The molecule has 32 heavy (non-hydrogen) atoms. The molecule has 0 aliphatic heterocycles. The molecule has 1 aromatic heterocycles. The summed E-state index contributed by atoms with van der Waals surface area (Å²) in [5.74, 6) is -0.491. The van der Waals surface area contributed by atoms with Gasteiger partial charge in [0, 0.05) is 6.42 Å². The first kappa shape index (κ1) is 23.2. The van der Waals surface area contributed by atoms with E-state index < -0.39 is 5.91 Å². The van der Waals surface area contributed by atoms with Gasteiger partial charge in [-0.15, -0.1) is 11.3 Å². The van der Waals surface area contributed by atoms with E-state index in [0.717, 1.165) is 12.0 Å². The number of thiophene rings is 1. The van der Waals surface area contributed by atoms with E-state index in [-0.39, 0.29) is 17.4 Å². The van der Waals surface area contributed by atoms with Crippen molar-refractivity contribution in [2.24, 2.45) is 11.7 Å². The van der Waals surface area contributed by atoms with Crippen LogP contribution in [0.2, 0.25) is 0 Å². The summed E-state index contributed by atoms with van der Waals surface area (Å²) in [6, 6.07) is 13.9. The Balaban J connectivity index is 1.95. The SMILES string of the molecule is Cc1ccc(OC(=O)CCC(C)C)cc1-c1cccc(NC(=O)c2cccs2)c1C(N)=O. The first-order valence-corrected chi connectivity index (χ1v) is 11.2. The van der Waals surface area contributed by atoms with Gasteiger partial charge in [0.05, 0.1) is 16.1 Å². The molecule has 0 spiro atoms. The number of hydrogen-bond donors (Lipinski definition) is 2. The van der Waals surface area contributed by atoms with Crippen molar-refractivity contribution in [2.75, 3.05) is 5.32 Å². The van der Waals surface area contributed by atoms with Crippen molar-refractivity contribution in [2.45, 2.75) is 33.6 Å². The molecule has 2 aromatic carbocycles. The molecule has 0 bridgehead atoms. The van der Waals surface area contributed by atoms with Crippen LogP contribution in [0.4, 0.5) is 5.69 Å². The summed E-state index contributed by atoms with van der Waals surface area (Å²) in [6.07, 6.45) is 1.08. The second kappa shape index (κ2) is 10.2. The lowest BCUT2D eigenvalue weighted by molar-refractivity contribution is -0.134. The average molecular weight is 451 g/mol. The van der Waals surface area contributed by atoms with Gasteiger partial charge in [-0.05, 0) is 65.6 Å². The standard InChI is InChI=1S/C25H26N2O4S/c1-15(2)9-12-22(28)31-17-11-10-16(3)19(14-17)18-6-4-7-20(23(18)24(26)29)27-25(30)21-8-5-13-32-21/h4-8,10-11,13-15H,9,12H2,1-3H3,(H2,26,29)(H,27,30). The largest absolute Gasteiger partial charge is 0.427 e. The molecule has 0 saturated heterocycles. The van der Waals surface area contributed by atoms with Crippen LogP contribution in [-0.2, 0) is 4.79 Å². The van der Waals surface area contributed by atoms with Crippen LogP contribution in [0.1, 0.15) is 52.3 Å². The number of benzene rings is 2. The first-order chi connectivity index (χ1) is 15.3. The molecule has 0 aliphatic rings. The zero-order valence-electron chi connectivity index (χ0n) is 18.3. The maximum absolute atomic E-state index is 12.5. The number of rotatable bonds is 8. The van der Waals surface area contributed by atoms with E-state index in [0.29, 0.717) is 39.8 Å². The molecule has 0 aliphatic carbocycles. The number of aryl methyl sites for hydroxylation is 1. The van der Waals surface area contributed by atoms with E-state index in [1.807, 2.05) is 26.8 Å². The van der Waals surface area contributed by atoms with Crippen LogP contribution < -0.4 is 15.8 Å². The van der Waals surface area contributed by atoms with E-state index >= 15 is 0 Å². The van der Waals surface area contributed by atoms with Gasteiger partial charge < -0.3 is 15.8 Å². The monoisotopic (exact) mass is 450 g/mol. The van der Waals surface area contributed by atoms with Gasteiger partial charge in [0.25, 0.3) is 11.8 Å². The van der Waals surface area contributed by atoms with E-state index in [1.165, 1.54) is 11.3 Å². The van der Waals surface area contributed by atoms with Gasteiger partial charge in [-0.2, -0.15) is 0 Å². The molecule has 0 radical (unpaired) electrons. The van der Waals surface area contributed by atoms with Gasteiger partial charge in [-0.1, -0.05) is 38.1 Å². The highest BCUT2D eigenvalue weighted by atomic mass is 32.1. The van der Waals surface area contributed by atoms with Gasteiger partial charge in [-0.3, -0.25) is 14.4 Å². The summed E-state index contributed by atoms with van der Waals surface area (Å²) in [6.45, 7) is 5.99. The number of carbonyl (C=O) groups is 3. The number of carbonyl (C=O) groups excluding carboxylic acids is 3. The fraction of sp³-hybridized carbons (Fsp3) is 0.240. The molecular formula is C25H26N2O4S. The number of primary amides is 1. The molecule has 3 N–H and O–H groups in total. The van der Waals surface area contributed by atoms with Crippen LogP contribution in [0.15, 0.2) is 53.9 Å². The molecule has 7 heteroatoms. The van der Waals surface area contributed by atoms with E-state index in [4.69, 9.17) is 10.5 Å². The molecular weight excluding hydrogens is 424 g/mol. The van der Waals surface area contributed by atoms with Crippen molar-refractivity contribution in [3.05, 3.63) is 69.9 Å². The van der Waals surface area contributed by atoms with Gasteiger partial charge in [0.15, 0.2) is 0 Å². The topological polar surface area (TPSA) is 98.5 Å². The fourth-order valence-electron chi connectivity index (χ4n) is 3.28. The minimum Gasteiger partial charge on any atom is -0.427 e. The predicted octanol–water partition coefficient (Wildman–Crippen LogP) is 5.42. The van der Waals surface area contributed by atoms with Crippen LogP contribution in [0.5, 0.6) is 5.75 Å². The number of anilines is 1. The molecule has 0 saturated carbocycles. The highest BCUT2D eigenvalue weighted by Crippen LogP contribution is 2.34. The Kier molecular flexibility index (Phi) is 7.43. The number of ether oxygens (including phenoxy) is 1. The Morgan fingerprint density at radius 1 is 1.06 bits per heavy atom. The molecule has 2 amide bonds. The normalized spacial score (nSPS) is 10.8. The van der Waals surface area contributed by atoms with E-state index in [2.05, 4.69) is 5.32 Å². The van der Waals surface area contributed by atoms with Gasteiger partial charge in [0.2, 0.25) is 0 Å². The number of esters is 1. The fourth-order valence-corrected chi connectivity index (χ4v) is 3.90. The molecule has 6 nitrogen and oxygen atoms in total. The summed E-state index contributed by atoms with van der Waals surface area (Å²) in [7, 11) is 0. The van der Waals surface area contributed by atoms with E-state index in [1.54, 1.807) is 47.8 Å². The van der Waals surface area contributed by atoms with Gasteiger partial charge in [-0.25, -0.2) is 0 Å². The summed E-state index contributed by atoms with van der Waals surface area (Å²) < 4.78 is 5.50. The number of nitrogens with one attached hydrogen (secondary N) is 1. The van der Waals surface area contributed by atoms with Crippen molar-refractivity contribution >= 4 is 34.8 Å². The maximum atomic E-state index is 12.5. The maximum Gasteiger partial charge on any atom is 0.311 e. The van der Waals surface area contributed by atoms with Gasteiger partial charge >= 0.3 is 5.97 Å². The predicted molar refractivity (Wildman–Crippen MR) is 127 cm³/mol. The molecule has 0 atom stereocenters. The summed E-state index contributed by atoms with van der Waals surface area (Å²) in [5.41, 5.74) is 8.36. The van der Waals surface area contributed by atoms with Crippen molar-refractivity contribution in [3.63, 3.8) is 0 Å². The quantitative estimate of drug-likeness (QED) is 0.354. The van der Waals surface area contributed by atoms with Crippen LogP contribution in [0.3, 0.4) is 0 Å². The van der Waals surface area contributed by atoms with Crippen molar-refractivity contribution in [1.29, 1.82) is 0 Å². The second-order valence-corrected chi connectivity index (χ2v) is 8.85. The minimum atomic E-state index is -0.666. The van der Waals surface area contributed by atoms with Crippen LogP contribution in [-0.4, -0.2) is 17.8 Å². The molecule has 3 rings (SSSR count). The first-order valence-electron chi connectivity index (χ1n) is 10.4. The Hall–Kier alpha value is -3.45. The lowest BCUT2D eigenvalue weighted by Gasteiger charge is -2.16. The third-order valence-corrected chi connectivity index (χ3v) is 5.83. The Morgan fingerprint density at radius 3 is 2.50 bits per heavy atom. The van der Waals surface area contributed by atoms with Crippen molar-refractivity contribution < 1.29 is 19.1 Å². The number of nitrogens with two attached hydrogens (primary N) is 1. The lowest BCUT2D eigenvalue weighted by Crippen LogP contribution is -2.19. The van der Waals surface area contributed by atoms with Crippen LogP contribution in [0, 0.1) is 12.8 Å².